The molecule has 8 rings (SSSR count). The zero-order chi connectivity index (χ0) is 41.5. The number of thioether (sulfide) groups is 1. The van der Waals surface area contributed by atoms with Gasteiger partial charge < -0.3 is 14.9 Å². The predicted molar refractivity (Wildman–Crippen MR) is 231 cm³/mol. The van der Waals surface area contributed by atoms with Crippen LogP contribution >= 0.6 is 23.7 Å². The Kier molecular flexibility index (Phi) is 14.7. The molecule has 0 unspecified atom stereocenters. The minimum atomic E-state index is -4.44. The lowest BCUT2D eigenvalue weighted by atomic mass is 9.92. The monoisotopic (exact) mass is 854 g/mol. The largest absolute Gasteiger partial charge is 0.417 e. The summed E-state index contributed by atoms with van der Waals surface area (Å²) in [6.07, 6.45) is 13.7. The first-order valence-electron chi connectivity index (χ1n) is 20.4. The van der Waals surface area contributed by atoms with Gasteiger partial charge in [-0.05, 0) is 98.7 Å². The van der Waals surface area contributed by atoms with Gasteiger partial charge in [-0.3, -0.25) is 13.9 Å². The van der Waals surface area contributed by atoms with Crippen molar-refractivity contribution in [3.8, 4) is 11.1 Å². The first kappa shape index (κ1) is 43.7. The van der Waals surface area contributed by atoms with Crippen molar-refractivity contribution in [3.63, 3.8) is 0 Å². The van der Waals surface area contributed by atoms with Gasteiger partial charge in [-0.1, -0.05) is 88.8 Å². The Morgan fingerprint density at radius 1 is 0.776 bits per heavy atom. The molecule has 2 N–H and O–H groups in total. The summed E-state index contributed by atoms with van der Waals surface area (Å²) in [7, 11) is -3.79. The van der Waals surface area contributed by atoms with E-state index in [0.29, 0.717) is 22.5 Å². The van der Waals surface area contributed by atoms with E-state index in [2.05, 4.69) is 10.6 Å². The molecular formula is C44H53F3N4O4S3. The highest BCUT2D eigenvalue weighted by atomic mass is 32.2. The van der Waals surface area contributed by atoms with Crippen molar-refractivity contribution >= 4 is 62.5 Å². The van der Waals surface area contributed by atoms with Gasteiger partial charge in [0.15, 0.2) is 0 Å². The highest BCUT2D eigenvalue weighted by Crippen LogP contribution is 2.52. The number of alkyl halides is 3. The van der Waals surface area contributed by atoms with Gasteiger partial charge in [0.25, 0.3) is 10.0 Å². The van der Waals surface area contributed by atoms with Gasteiger partial charge >= 0.3 is 6.18 Å². The smallest absolute Gasteiger partial charge is 0.352 e. The molecule has 14 heteroatoms. The quantitative estimate of drug-likeness (QED) is 0.180. The number of benzene rings is 3. The third kappa shape index (κ3) is 9.93. The van der Waals surface area contributed by atoms with Crippen LogP contribution in [-0.4, -0.2) is 51.7 Å². The number of allylic oxidation sites excluding steroid dienone is 3. The molecule has 312 valence electrons. The second kappa shape index (κ2) is 19.5. The van der Waals surface area contributed by atoms with E-state index in [9.17, 15) is 31.2 Å². The molecule has 8 nitrogen and oxygen atoms in total. The van der Waals surface area contributed by atoms with Crippen LogP contribution in [0.4, 0.5) is 24.5 Å². The SMILES string of the molecule is CC.CSc1ccc2c(c1)-c1ccccc1S(=O)(=O)N2CC(=O)NC1CCCCC1.O=C(CN1SC2=CCCC=C2c2c1cccc2C(F)(F)F)NC1CCCCC1. The third-order valence-electron chi connectivity index (χ3n) is 10.9. The average Bonchev–Trinajstić information content (AvgIpc) is 3.23. The van der Waals surface area contributed by atoms with Crippen LogP contribution in [0.5, 0.6) is 0 Å². The summed E-state index contributed by atoms with van der Waals surface area (Å²) < 4.78 is 70.6. The summed E-state index contributed by atoms with van der Waals surface area (Å²) in [6, 6.07) is 17.3. The molecule has 3 aromatic rings. The number of amides is 2. The number of carbonyl (C=O) groups is 2. The van der Waals surface area contributed by atoms with Gasteiger partial charge in [-0.2, -0.15) is 13.2 Å². The third-order valence-corrected chi connectivity index (χ3v) is 14.6. The fourth-order valence-corrected chi connectivity index (χ4v) is 11.5. The minimum absolute atomic E-state index is 0.0418. The Morgan fingerprint density at radius 2 is 1.40 bits per heavy atom. The molecule has 0 aromatic heterocycles. The van der Waals surface area contributed by atoms with E-state index >= 15 is 0 Å². The molecule has 0 saturated heterocycles. The molecular weight excluding hydrogens is 802 g/mol. The topological polar surface area (TPSA) is 98.8 Å². The highest BCUT2D eigenvalue weighted by molar-refractivity contribution is 8.05. The van der Waals surface area contributed by atoms with E-state index in [1.165, 1.54) is 35.2 Å². The first-order valence-corrected chi connectivity index (χ1v) is 23.8. The Balaban J connectivity index is 0.000000188. The molecule has 0 atom stereocenters. The Bertz CT molecular complexity index is 2130. The lowest BCUT2D eigenvalue weighted by molar-refractivity contribution is -0.137. The maximum atomic E-state index is 13.7. The number of nitrogens with zero attached hydrogens (tertiary/aromatic N) is 2. The number of rotatable bonds is 7. The van der Waals surface area contributed by atoms with Crippen LogP contribution in [0, 0.1) is 0 Å². The van der Waals surface area contributed by atoms with Crippen LogP contribution in [0.25, 0.3) is 16.7 Å². The van der Waals surface area contributed by atoms with E-state index in [4.69, 9.17) is 0 Å². The second-order valence-corrected chi connectivity index (χ2v) is 18.6. The van der Waals surface area contributed by atoms with Crippen molar-refractivity contribution in [1.82, 2.24) is 10.6 Å². The van der Waals surface area contributed by atoms with Crippen LogP contribution in [0.2, 0.25) is 0 Å². The van der Waals surface area contributed by atoms with Crippen molar-refractivity contribution in [2.45, 2.75) is 119 Å². The number of halogens is 3. The van der Waals surface area contributed by atoms with E-state index < -0.39 is 21.8 Å². The van der Waals surface area contributed by atoms with E-state index in [-0.39, 0.29) is 47.4 Å². The summed E-state index contributed by atoms with van der Waals surface area (Å²) >= 11 is 2.97. The molecule has 5 aliphatic rings. The molecule has 2 aliphatic heterocycles. The molecule has 0 bridgehead atoms. The number of sulfonamides is 1. The molecule has 3 aliphatic carbocycles. The predicted octanol–water partition coefficient (Wildman–Crippen LogP) is 10.7. The molecule has 2 saturated carbocycles. The lowest BCUT2D eigenvalue weighted by Crippen LogP contribution is -2.45. The molecule has 2 amide bonds. The maximum absolute atomic E-state index is 13.7. The zero-order valence-electron chi connectivity index (χ0n) is 33.4. The molecule has 2 fully saturated rings. The van der Waals surface area contributed by atoms with Crippen LogP contribution in [-0.2, 0) is 25.8 Å². The van der Waals surface area contributed by atoms with Gasteiger partial charge in [-0.25, -0.2) is 8.42 Å². The van der Waals surface area contributed by atoms with Crippen molar-refractivity contribution in [2.75, 3.05) is 28.0 Å². The Morgan fingerprint density at radius 3 is 2.03 bits per heavy atom. The van der Waals surface area contributed by atoms with Crippen LogP contribution in [0.1, 0.15) is 102 Å². The number of anilines is 2. The molecule has 2 heterocycles. The maximum Gasteiger partial charge on any atom is 0.417 e. The van der Waals surface area contributed by atoms with Gasteiger partial charge in [-0.15, -0.1) is 11.8 Å². The average molecular weight is 855 g/mol. The summed E-state index contributed by atoms with van der Waals surface area (Å²) in [4.78, 5) is 27.4. The number of hydrogen-bond acceptors (Lipinski definition) is 7. The van der Waals surface area contributed by atoms with E-state index in [1.54, 1.807) is 34.3 Å². The summed E-state index contributed by atoms with van der Waals surface area (Å²) in [5.74, 6) is -0.374. The van der Waals surface area contributed by atoms with Crippen molar-refractivity contribution in [2.24, 2.45) is 0 Å². The summed E-state index contributed by atoms with van der Waals surface area (Å²) in [6.45, 7) is 3.85. The zero-order valence-corrected chi connectivity index (χ0v) is 35.8. The highest BCUT2D eigenvalue weighted by Gasteiger charge is 2.40. The Labute approximate surface area is 349 Å². The van der Waals surface area contributed by atoms with E-state index in [1.807, 2.05) is 62.6 Å². The fourth-order valence-electron chi connectivity index (χ4n) is 8.23. The number of carbonyl (C=O) groups excluding carboxylic acids is 2. The fraction of sp³-hybridized carbons (Fsp3) is 0.455. The number of fused-ring (bicyclic) bond motifs is 6. The first-order chi connectivity index (χ1) is 27.9. The summed E-state index contributed by atoms with van der Waals surface area (Å²) in [5.41, 5.74) is 2.77. The Hall–Kier alpha value is -3.88. The molecule has 0 spiro atoms. The molecule has 0 radical (unpaired) electrons. The van der Waals surface area contributed by atoms with Gasteiger partial charge in [0, 0.05) is 38.6 Å². The number of nitrogens with one attached hydrogen (secondary N) is 2. The van der Waals surface area contributed by atoms with E-state index in [0.717, 1.165) is 85.6 Å². The second-order valence-electron chi connectivity index (χ2n) is 14.8. The van der Waals surface area contributed by atoms with Gasteiger partial charge in [0.1, 0.15) is 13.1 Å². The van der Waals surface area contributed by atoms with Crippen LogP contribution < -0.4 is 19.2 Å². The summed E-state index contributed by atoms with van der Waals surface area (Å²) in [5, 5.41) is 6.10. The van der Waals surface area contributed by atoms with Crippen molar-refractivity contribution < 1.29 is 31.2 Å². The van der Waals surface area contributed by atoms with Crippen LogP contribution in [0.3, 0.4) is 0 Å². The standard InChI is InChI=1S/C21H23F3N2OS.C21H24N2O3S2.C2H6/c22-21(23,24)16-10-6-11-17-20(16)15-9-4-5-12-18(15)28-26(17)13-19(27)25-14-7-2-1-3-8-14;1-27-16-11-12-19-18(13-16)17-9-5-6-10-20(17)28(25,26)23(19)14-21(24)22-15-7-3-2-4-8-15;1-2/h6,9-12,14H,1-5,7-8,13H2,(H,25,27);5-6,9-13,15H,2-4,7-8,14H2,1H3,(H,22,24);1-2H3. The lowest BCUT2D eigenvalue weighted by Gasteiger charge is -2.35. The van der Waals surface area contributed by atoms with Gasteiger partial charge in [0.2, 0.25) is 11.8 Å². The van der Waals surface area contributed by atoms with Gasteiger partial charge in [0.05, 0.1) is 21.8 Å². The minimum Gasteiger partial charge on any atom is -0.352 e. The van der Waals surface area contributed by atoms with Crippen molar-refractivity contribution in [3.05, 3.63) is 88.8 Å². The van der Waals surface area contributed by atoms with Crippen molar-refractivity contribution in [1.29, 1.82) is 0 Å². The normalized spacial score (nSPS) is 18.6. The molecule has 58 heavy (non-hydrogen) atoms. The van der Waals surface area contributed by atoms with Crippen LogP contribution in [0.15, 0.2) is 87.5 Å². The number of hydrogen-bond donors (Lipinski definition) is 2. The molecule has 3 aromatic carbocycles.